The van der Waals surface area contributed by atoms with E-state index >= 15 is 0 Å². The monoisotopic (exact) mass is 888 g/mol. The zero-order valence-corrected chi connectivity index (χ0v) is 38.6. The molecule has 0 aromatic heterocycles. The van der Waals surface area contributed by atoms with Crippen LogP contribution in [0.3, 0.4) is 0 Å². The summed E-state index contributed by atoms with van der Waals surface area (Å²) >= 11 is 6.81. The summed E-state index contributed by atoms with van der Waals surface area (Å²) in [6, 6.07) is 2.56. The molecule has 2 saturated heterocycles. The highest BCUT2D eigenvalue weighted by molar-refractivity contribution is 6.35. The van der Waals surface area contributed by atoms with E-state index in [0.29, 0.717) is 50.1 Å². The van der Waals surface area contributed by atoms with Gasteiger partial charge in [-0.1, -0.05) is 42.3 Å². The summed E-state index contributed by atoms with van der Waals surface area (Å²) in [5, 5.41) is 17.4. The third kappa shape index (κ3) is 11.4. The molecule has 1 aromatic carbocycles. The van der Waals surface area contributed by atoms with Gasteiger partial charge in [-0.2, -0.15) is 0 Å². The number of aliphatic hydroxyl groups is 1. The van der Waals surface area contributed by atoms with Gasteiger partial charge in [-0.25, -0.2) is 14.4 Å². The number of ether oxygens (including phenoxy) is 6. The number of nitrogens with zero attached hydrogens (tertiary/aromatic N) is 2. The van der Waals surface area contributed by atoms with Gasteiger partial charge in [0.2, 0.25) is 11.8 Å². The van der Waals surface area contributed by atoms with Crippen LogP contribution in [0.1, 0.15) is 92.6 Å². The summed E-state index contributed by atoms with van der Waals surface area (Å²) in [4.78, 5) is 70.1. The number of benzene rings is 1. The Hall–Kier alpha value is -4.38. The van der Waals surface area contributed by atoms with Crippen molar-refractivity contribution in [3.05, 3.63) is 46.5 Å². The number of nitrogens with one attached hydrogen (secondary N) is 2. The van der Waals surface area contributed by atoms with Crippen molar-refractivity contribution in [2.45, 2.75) is 141 Å². The molecule has 1 unspecified atom stereocenters. The minimum absolute atomic E-state index is 0.0657. The molecule has 3 heterocycles. The molecule has 62 heavy (non-hydrogen) atoms. The molecule has 3 fully saturated rings. The SMILES string of the molecule is COc1cc2cc(c1Cl)N(C)C(=O)C[C@H](OC(=O)[C@H](C)N(C)C(=O)C1CCC(CNC(=O)OC(C)(C)C)CC1)[C@]1(C)OC1[C@H](C)[C@@H]1C[C@@](O)(NC(=O)O1)[C@H](OC)/C=C/C=C(\C)C2. The number of carbonyl (C=O) groups excluding carboxylic acids is 5. The first kappa shape index (κ1) is 48.6. The number of esters is 1. The number of fused-ring (bicyclic) bond motifs is 5. The van der Waals surface area contributed by atoms with Crippen molar-refractivity contribution in [1.82, 2.24) is 15.5 Å². The van der Waals surface area contributed by atoms with Crippen LogP contribution in [0.2, 0.25) is 5.02 Å². The summed E-state index contributed by atoms with van der Waals surface area (Å²) in [5.41, 5.74) is -1.60. The molecule has 1 aromatic rings. The maximum atomic E-state index is 14.3. The highest BCUT2D eigenvalue weighted by Gasteiger charge is 2.64. The number of anilines is 1. The van der Waals surface area contributed by atoms with Crippen LogP contribution in [0.15, 0.2) is 35.9 Å². The van der Waals surface area contributed by atoms with Gasteiger partial charge >= 0.3 is 18.2 Å². The lowest BCUT2D eigenvalue weighted by molar-refractivity contribution is -0.163. The van der Waals surface area contributed by atoms with Crippen LogP contribution in [0, 0.1) is 17.8 Å². The predicted octanol–water partition coefficient (Wildman–Crippen LogP) is 5.85. The number of epoxide rings is 1. The normalized spacial score (nSPS) is 32.4. The Morgan fingerprint density at radius 2 is 1.82 bits per heavy atom. The van der Waals surface area contributed by atoms with Crippen LogP contribution >= 0.6 is 11.6 Å². The molecule has 16 nitrogen and oxygen atoms in total. The average Bonchev–Trinajstić information content (AvgIpc) is 3.91. The van der Waals surface area contributed by atoms with Crippen molar-refractivity contribution >= 4 is 47.3 Å². The van der Waals surface area contributed by atoms with Crippen molar-refractivity contribution in [2.24, 2.45) is 17.8 Å². The number of allylic oxidation sites excluding steroid dienone is 3. The van der Waals surface area contributed by atoms with E-state index < -0.39 is 77.4 Å². The molecule has 17 heteroatoms. The second kappa shape index (κ2) is 19.6. The summed E-state index contributed by atoms with van der Waals surface area (Å²) in [7, 11) is 6.05. The Morgan fingerprint density at radius 1 is 1.15 bits per heavy atom. The molecule has 1 saturated carbocycles. The highest BCUT2D eigenvalue weighted by atomic mass is 35.5. The van der Waals surface area contributed by atoms with E-state index in [4.69, 9.17) is 40.0 Å². The van der Waals surface area contributed by atoms with E-state index in [1.807, 2.05) is 13.0 Å². The number of halogens is 1. The van der Waals surface area contributed by atoms with Crippen LogP contribution in [-0.2, 0) is 44.5 Å². The molecule has 8 atom stereocenters. The minimum Gasteiger partial charge on any atom is -0.495 e. The number of rotatable bonds is 8. The van der Waals surface area contributed by atoms with Crippen LogP contribution in [0.4, 0.5) is 15.3 Å². The lowest BCUT2D eigenvalue weighted by atomic mass is 9.81. The number of carbonyl (C=O) groups is 5. The average molecular weight is 889 g/mol. The van der Waals surface area contributed by atoms with E-state index in [-0.39, 0.29) is 35.6 Å². The van der Waals surface area contributed by atoms with Gasteiger partial charge in [0, 0.05) is 46.0 Å². The van der Waals surface area contributed by atoms with Crippen molar-refractivity contribution in [1.29, 1.82) is 0 Å². The smallest absolute Gasteiger partial charge is 0.409 e. The molecular weight excluding hydrogens is 824 g/mol. The summed E-state index contributed by atoms with van der Waals surface area (Å²) < 4.78 is 34.8. The quantitative estimate of drug-likeness (QED) is 0.161. The predicted molar refractivity (Wildman–Crippen MR) is 231 cm³/mol. The molecule has 3 N–H and O–H groups in total. The fraction of sp³-hybridized carbons (Fsp3) is 0.667. The van der Waals surface area contributed by atoms with Crippen molar-refractivity contribution in [2.75, 3.05) is 39.8 Å². The maximum absolute atomic E-state index is 14.3. The molecule has 0 spiro atoms. The zero-order valence-electron chi connectivity index (χ0n) is 37.9. The zero-order chi connectivity index (χ0) is 45.9. The van der Waals surface area contributed by atoms with E-state index in [1.54, 1.807) is 79.9 Å². The van der Waals surface area contributed by atoms with Crippen molar-refractivity contribution in [3.8, 4) is 5.75 Å². The van der Waals surface area contributed by atoms with Gasteiger partial charge in [0.05, 0.1) is 25.3 Å². The summed E-state index contributed by atoms with van der Waals surface area (Å²) in [6.07, 6.45) is 2.90. The first-order valence-electron chi connectivity index (χ1n) is 21.3. The van der Waals surface area contributed by atoms with Gasteiger partial charge in [0.1, 0.15) is 46.3 Å². The number of hydrogen-bond donors (Lipinski definition) is 3. The van der Waals surface area contributed by atoms with E-state index in [9.17, 15) is 29.1 Å². The Balaban J connectivity index is 1.38. The van der Waals surface area contributed by atoms with Crippen molar-refractivity contribution in [3.63, 3.8) is 0 Å². The van der Waals surface area contributed by atoms with E-state index in [2.05, 4.69) is 10.6 Å². The van der Waals surface area contributed by atoms with Crippen LogP contribution in [0.5, 0.6) is 5.75 Å². The molecule has 0 radical (unpaired) electrons. The second-order valence-corrected chi connectivity index (χ2v) is 18.8. The van der Waals surface area contributed by atoms with E-state index in [0.717, 1.165) is 11.1 Å². The Kier molecular flexibility index (Phi) is 15.4. The number of amides is 4. The largest absolute Gasteiger partial charge is 0.495 e. The third-order valence-corrected chi connectivity index (χ3v) is 13.0. The van der Waals surface area contributed by atoms with Gasteiger partial charge in [-0.05, 0) is 97.3 Å². The third-order valence-electron chi connectivity index (χ3n) is 12.6. The standard InChI is InChI=1S/C45H65ClN4O12/c1-25-13-12-14-34(58-11)45(56)23-33(59-42(55)48-45)26(2)38-44(7,61-38)35(22-36(51)50(9)31-20-29(19-25)21-32(57-10)37(31)46)60-40(53)27(3)49(8)39(52)30-17-15-28(16-18-30)24-47-41(54)62-43(4,5)6/h12-14,20-21,26-28,30,33-35,38,56H,15-19,22-24H2,1-11H3,(H,47,54)(H,48,55)/b14-12+,25-13+/t26-,27+,28?,30?,33+,34-,35+,38?,44+,45+/m1/s1. The van der Waals surface area contributed by atoms with Gasteiger partial charge < -0.3 is 48.6 Å². The van der Waals surface area contributed by atoms with Gasteiger partial charge in [0.25, 0.3) is 0 Å². The number of hydrogen-bond acceptors (Lipinski definition) is 12. The number of likely N-dealkylation sites (N-methyl/N-ethyl adjacent to an activating group) is 1. The number of alkyl carbamates (subject to hydrolysis) is 2. The lowest BCUT2D eigenvalue weighted by Gasteiger charge is -2.42. The molecule has 4 aliphatic rings. The molecule has 3 aliphatic heterocycles. The Labute approximate surface area is 369 Å². The lowest BCUT2D eigenvalue weighted by Crippen LogP contribution is -2.63. The fourth-order valence-corrected chi connectivity index (χ4v) is 8.95. The molecular formula is C45H65ClN4O12. The maximum Gasteiger partial charge on any atom is 0.409 e. The summed E-state index contributed by atoms with van der Waals surface area (Å²) in [6.45, 7) is 12.9. The first-order valence-corrected chi connectivity index (χ1v) is 21.7. The van der Waals surface area contributed by atoms with Crippen molar-refractivity contribution < 1.29 is 57.5 Å². The fourth-order valence-electron chi connectivity index (χ4n) is 8.64. The first-order chi connectivity index (χ1) is 29.0. The second-order valence-electron chi connectivity index (χ2n) is 18.4. The van der Waals surface area contributed by atoms with Crippen LogP contribution in [-0.4, -0.2) is 122 Å². The Morgan fingerprint density at radius 3 is 2.45 bits per heavy atom. The molecule has 4 amide bonds. The van der Waals surface area contributed by atoms with Crippen LogP contribution in [0.25, 0.3) is 0 Å². The molecule has 5 rings (SSSR count). The van der Waals surface area contributed by atoms with Gasteiger partial charge in [-0.3, -0.25) is 14.9 Å². The molecule has 1 aliphatic carbocycles. The number of methoxy groups -OCH3 is 2. The Bertz CT molecular complexity index is 1910. The highest BCUT2D eigenvalue weighted by Crippen LogP contribution is 2.49. The molecule has 344 valence electrons. The summed E-state index contributed by atoms with van der Waals surface area (Å²) in [5.74, 6) is -1.72. The topological polar surface area (TPSA) is 195 Å². The minimum atomic E-state index is -1.85. The molecule has 4 bridgehead atoms. The van der Waals surface area contributed by atoms with E-state index in [1.165, 1.54) is 24.0 Å². The van der Waals surface area contributed by atoms with Gasteiger partial charge in [0.15, 0.2) is 5.72 Å². The van der Waals surface area contributed by atoms with Crippen LogP contribution < -0.4 is 20.3 Å². The van der Waals surface area contributed by atoms with Gasteiger partial charge in [-0.15, -0.1) is 0 Å².